The molecule has 0 aliphatic rings. The first-order valence-corrected chi connectivity index (χ1v) is 7.94. The van der Waals surface area contributed by atoms with Crippen LogP contribution in [0.25, 0.3) is 0 Å². The second kappa shape index (κ2) is 11.6. The van der Waals surface area contributed by atoms with Gasteiger partial charge in [-0.25, -0.2) is 0 Å². The van der Waals surface area contributed by atoms with Crippen LogP contribution in [0.4, 0.5) is 0 Å². The maximum absolute atomic E-state index is 12.1. The van der Waals surface area contributed by atoms with Gasteiger partial charge in [-0.3, -0.25) is 9.59 Å². The van der Waals surface area contributed by atoms with E-state index in [2.05, 4.69) is 13.2 Å². The van der Waals surface area contributed by atoms with E-state index in [1.54, 1.807) is 0 Å². The zero-order chi connectivity index (χ0) is 17.7. The number of hydrogen-bond acceptors (Lipinski definition) is 5. The second-order valence-corrected chi connectivity index (χ2v) is 5.15. The van der Waals surface area contributed by atoms with E-state index < -0.39 is 23.8 Å². The molecule has 0 fully saturated rings. The number of ether oxygens (including phenoxy) is 3. The van der Waals surface area contributed by atoms with Crippen molar-refractivity contribution in [1.82, 2.24) is 0 Å². The van der Waals surface area contributed by atoms with E-state index in [0.717, 1.165) is 6.42 Å². The molecule has 1 N–H and O–H groups in total. The smallest absolute Gasteiger partial charge is 0.309 e. The van der Waals surface area contributed by atoms with E-state index in [-0.39, 0.29) is 19.3 Å². The van der Waals surface area contributed by atoms with Crippen LogP contribution in [0.1, 0.15) is 58.8 Å². The molecular weight excluding hydrogens is 300 g/mol. The van der Waals surface area contributed by atoms with Gasteiger partial charge in [0, 0.05) is 19.3 Å². The van der Waals surface area contributed by atoms with Crippen LogP contribution < -0.4 is 0 Å². The first-order valence-electron chi connectivity index (χ1n) is 7.94. The minimum absolute atomic E-state index is 0.00516. The number of carboxylic acid groups (broad SMARTS) is 1. The van der Waals surface area contributed by atoms with Crippen molar-refractivity contribution in [3.05, 3.63) is 25.7 Å². The van der Waals surface area contributed by atoms with Crippen LogP contribution in [0.15, 0.2) is 25.7 Å². The highest BCUT2D eigenvalue weighted by atomic mass is 16.7. The molecule has 6 heteroatoms. The maximum atomic E-state index is 12.1. The van der Waals surface area contributed by atoms with Crippen molar-refractivity contribution in [1.29, 1.82) is 0 Å². The van der Waals surface area contributed by atoms with Gasteiger partial charge in [-0.05, 0) is 19.3 Å². The van der Waals surface area contributed by atoms with Gasteiger partial charge in [0.15, 0.2) is 6.10 Å². The van der Waals surface area contributed by atoms with Gasteiger partial charge >= 0.3 is 11.9 Å². The number of aliphatic carboxylic acids is 1. The van der Waals surface area contributed by atoms with Gasteiger partial charge in [0.2, 0.25) is 0 Å². The Balaban J connectivity index is 5.13. The lowest BCUT2D eigenvalue weighted by Crippen LogP contribution is -2.48. The zero-order valence-corrected chi connectivity index (χ0v) is 14.1. The first-order chi connectivity index (χ1) is 11.0. The van der Waals surface area contributed by atoms with Crippen LogP contribution in [0.2, 0.25) is 0 Å². The standard InChI is InChI=1S/C17H28O6/c1-5-10-14(21-7-3)17(13-6-2,22-8-4)23-16(20)12-9-11-15(18)19/h7-8,14H,3-6,9-13H2,1-2H3,(H,18,19). The Hall–Kier alpha value is -1.98. The van der Waals surface area contributed by atoms with Gasteiger partial charge in [0.1, 0.15) is 0 Å². The molecule has 0 spiro atoms. The van der Waals surface area contributed by atoms with Gasteiger partial charge in [-0.1, -0.05) is 33.4 Å². The lowest BCUT2D eigenvalue weighted by molar-refractivity contribution is -0.255. The molecule has 23 heavy (non-hydrogen) atoms. The Morgan fingerprint density at radius 2 is 1.87 bits per heavy atom. The Morgan fingerprint density at radius 1 is 1.17 bits per heavy atom. The molecule has 132 valence electrons. The second-order valence-electron chi connectivity index (χ2n) is 5.15. The molecule has 0 radical (unpaired) electrons. The third-order valence-corrected chi connectivity index (χ3v) is 3.24. The van der Waals surface area contributed by atoms with E-state index in [9.17, 15) is 9.59 Å². The molecule has 2 unspecified atom stereocenters. The van der Waals surface area contributed by atoms with Crippen LogP contribution in [-0.2, 0) is 23.8 Å². The molecule has 0 rings (SSSR count). The van der Waals surface area contributed by atoms with Gasteiger partial charge in [0.05, 0.1) is 12.5 Å². The van der Waals surface area contributed by atoms with E-state index in [0.29, 0.717) is 19.3 Å². The van der Waals surface area contributed by atoms with Crippen LogP contribution in [-0.4, -0.2) is 28.9 Å². The van der Waals surface area contributed by atoms with Crippen LogP contribution >= 0.6 is 0 Å². The summed E-state index contributed by atoms with van der Waals surface area (Å²) >= 11 is 0. The Bertz CT molecular complexity index is 393. The van der Waals surface area contributed by atoms with Crippen molar-refractivity contribution in [2.45, 2.75) is 70.7 Å². The fraction of sp³-hybridized carbons (Fsp3) is 0.647. The molecular formula is C17H28O6. The van der Waals surface area contributed by atoms with Crippen LogP contribution in [0.3, 0.4) is 0 Å². The predicted octanol–water partition coefficient (Wildman–Crippen LogP) is 3.77. The first kappa shape index (κ1) is 21.0. The Kier molecular flexibility index (Phi) is 10.6. The summed E-state index contributed by atoms with van der Waals surface area (Å²) in [6.07, 6.45) is 4.72. The van der Waals surface area contributed by atoms with Crippen molar-refractivity contribution in [2.24, 2.45) is 0 Å². The fourth-order valence-corrected chi connectivity index (χ4v) is 2.32. The number of hydrogen-bond donors (Lipinski definition) is 1. The van der Waals surface area contributed by atoms with Crippen molar-refractivity contribution < 1.29 is 28.9 Å². The number of rotatable bonds is 14. The van der Waals surface area contributed by atoms with Gasteiger partial charge < -0.3 is 19.3 Å². The van der Waals surface area contributed by atoms with E-state index in [1.807, 2.05) is 13.8 Å². The lowest BCUT2D eigenvalue weighted by Gasteiger charge is -2.38. The highest BCUT2D eigenvalue weighted by Gasteiger charge is 2.44. The SMILES string of the molecule is C=COC(CCC)C(CCC)(OC=C)OC(=O)CCCC(=O)O. The normalized spacial score (nSPS) is 14.2. The minimum atomic E-state index is -1.28. The van der Waals surface area contributed by atoms with Crippen LogP contribution in [0, 0.1) is 0 Å². The predicted molar refractivity (Wildman–Crippen MR) is 86.5 cm³/mol. The highest BCUT2D eigenvalue weighted by Crippen LogP contribution is 2.31. The summed E-state index contributed by atoms with van der Waals surface area (Å²) < 4.78 is 16.7. The van der Waals surface area contributed by atoms with E-state index >= 15 is 0 Å². The van der Waals surface area contributed by atoms with Gasteiger partial charge in [0.25, 0.3) is 5.79 Å². The summed E-state index contributed by atoms with van der Waals surface area (Å²) in [6, 6.07) is 0. The molecule has 2 atom stereocenters. The van der Waals surface area contributed by atoms with Crippen molar-refractivity contribution in [2.75, 3.05) is 0 Å². The molecule has 0 aromatic carbocycles. The quantitative estimate of drug-likeness (QED) is 0.297. The fourth-order valence-electron chi connectivity index (χ4n) is 2.32. The lowest BCUT2D eigenvalue weighted by atomic mass is 9.99. The zero-order valence-electron chi connectivity index (χ0n) is 14.1. The molecule has 0 aliphatic carbocycles. The summed E-state index contributed by atoms with van der Waals surface area (Å²) in [5, 5.41) is 8.63. The Morgan fingerprint density at radius 3 is 2.35 bits per heavy atom. The molecule has 0 bridgehead atoms. The van der Waals surface area contributed by atoms with E-state index in [4.69, 9.17) is 19.3 Å². The van der Waals surface area contributed by atoms with Crippen LogP contribution in [0.5, 0.6) is 0 Å². The monoisotopic (exact) mass is 328 g/mol. The summed E-state index contributed by atoms with van der Waals surface area (Å²) in [5.74, 6) is -2.74. The highest BCUT2D eigenvalue weighted by molar-refractivity contribution is 5.71. The van der Waals surface area contributed by atoms with Crippen molar-refractivity contribution in [3.63, 3.8) is 0 Å². The Labute approximate surface area is 138 Å². The molecule has 0 aromatic rings. The molecule has 0 aliphatic heterocycles. The molecule has 0 amide bonds. The van der Waals surface area contributed by atoms with Gasteiger partial charge in [-0.2, -0.15) is 0 Å². The molecule has 0 saturated heterocycles. The average Bonchev–Trinajstić information content (AvgIpc) is 2.47. The van der Waals surface area contributed by atoms with Crippen molar-refractivity contribution in [3.8, 4) is 0 Å². The summed E-state index contributed by atoms with van der Waals surface area (Å²) in [5.41, 5.74) is 0. The number of esters is 1. The number of carbonyl (C=O) groups excluding carboxylic acids is 1. The van der Waals surface area contributed by atoms with Gasteiger partial charge in [-0.15, -0.1) is 0 Å². The summed E-state index contributed by atoms with van der Waals surface area (Å²) in [4.78, 5) is 22.6. The van der Waals surface area contributed by atoms with Crippen molar-refractivity contribution >= 4 is 11.9 Å². The molecule has 0 saturated carbocycles. The number of carboxylic acids is 1. The number of carbonyl (C=O) groups is 2. The topological polar surface area (TPSA) is 82.1 Å². The average molecular weight is 328 g/mol. The maximum Gasteiger partial charge on any atom is 0.309 e. The minimum Gasteiger partial charge on any atom is -0.490 e. The molecule has 0 heterocycles. The third-order valence-electron chi connectivity index (χ3n) is 3.24. The largest absolute Gasteiger partial charge is 0.490 e. The third kappa shape index (κ3) is 7.72. The summed E-state index contributed by atoms with van der Waals surface area (Å²) in [6.45, 7) is 11.0. The summed E-state index contributed by atoms with van der Waals surface area (Å²) in [7, 11) is 0. The van der Waals surface area contributed by atoms with E-state index in [1.165, 1.54) is 12.5 Å². The molecule has 0 aromatic heterocycles. The molecule has 6 nitrogen and oxygen atoms in total.